The van der Waals surface area contributed by atoms with Crippen LogP contribution in [0.15, 0.2) is 102 Å². The number of hydrogen-bond donors (Lipinski definition) is 0. The number of nitrogens with zero attached hydrogens (tertiary/aromatic N) is 1. The predicted octanol–water partition coefficient (Wildman–Crippen LogP) is 10.3. The van der Waals surface area contributed by atoms with Gasteiger partial charge in [0.05, 0.1) is 16.5 Å². The summed E-state index contributed by atoms with van der Waals surface area (Å²) in [5.74, 6) is 1.77. The Balaban J connectivity index is 1.29. The Bertz CT molecular complexity index is 1800. The molecule has 1 aromatic heterocycles. The first-order valence-electron chi connectivity index (χ1n) is 16.1. The number of fused-ring (bicyclic) bond motifs is 3. The first kappa shape index (κ1) is 32.0. The van der Waals surface area contributed by atoms with Crippen LogP contribution in [0.25, 0.3) is 10.9 Å². The lowest BCUT2D eigenvalue weighted by atomic mass is 9.86. The fraction of sp³-hybridized carbons (Fsp3) is 0.282. The molecule has 5 nitrogen and oxygen atoms in total. The van der Waals surface area contributed by atoms with E-state index >= 15 is 0 Å². The lowest BCUT2D eigenvalue weighted by molar-refractivity contribution is -0.150. The molecule has 7 heteroatoms. The van der Waals surface area contributed by atoms with Crippen LogP contribution in [0.5, 0.6) is 11.5 Å². The number of carbonyl (C=O) groups is 2. The highest BCUT2D eigenvalue weighted by Gasteiger charge is 2.32. The lowest BCUT2D eigenvalue weighted by Gasteiger charge is -2.22. The van der Waals surface area contributed by atoms with Crippen LogP contribution in [0.3, 0.4) is 0 Å². The van der Waals surface area contributed by atoms with E-state index in [9.17, 15) is 9.59 Å². The van der Waals surface area contributed by atoms with Crippen molar-refractivity contribution in [2.45, 2.75) is 63.4 Å². The van der Waals surface area contributed by atoms with Gasteiger partial charge in [-0.05, 0) is 91.1 Å². The third kappa shape index (κ3) is 7.35. The number of unbranched alkanes of at least 4 members (excludes halogenated alkanes) is 3. The van der Waals surface area contributed by atoms with Gasteiger partial charge in [-0.2, -0.15) is 0 Å². The number of aromatic nitrogens is 1. The highest BCUT2D eigenvalue weighted by atomic mass is 35.5. The summed E-state index contributed by atoms with van der Waals surface area (Å²) in [5.41, 5.74) is 4.26. The van der Waals surface area contributed by atoms with E-state index in [1.165, 1.54) is 19.3 Å². The van der Waals surface area contributed by atoms with Gasteiger partial charge in [-0.25, -0.2) is 0 Å². The molecule has 1 atom stereocenters. The van der Waals surface area contributed by atoms with Crippen molar-refractivity contribution >= 4 is 46.1 Å². The molecule has 236 valence electrons. The van der Waals surface area contributed by atoms with E-state index in [0.29, 0.717) is 35.6 Å². The maximum Gasteiger partial charge on any atom is 0.309 e. The Morgan fingerprint density at radius 1 is 0.891 bits per heavy atom. The van der Waals surface area contributed by atoms with Gasteiger partial charge in [-0.15, -0.1) is 11.8 Å². The van der Waals surface area contributed by atoms with Crippen molar-refractivity contribution < 1.29 is 19.1 Å². The molecule has 1 aliphatic rings. The monoisotopic (exact) mass is 651 g/mol. The number of carbonyl (C=O) groups excluding carboxylic acids is 2. The number of esters is 1. The number of ether oxygens (including phenoxy) is 2. The minimum atomic E-state index is -0.277. The molecule has 0 fully saturated rings. The van der Waals surface area contributed by atoms with Crippen LogP contribution >= 0.6 is 23.4 Å². The van der Waals surface area contributed by atoms with Crippen molar-refractivity contribution in [3.63, 3.8) is 0 Å². The molecule has 4 aromatic carbocycles. The molecule has 0 aliphatic heterocycles. The summed E-state index contributed by atoms with van der Waals surface area (Å²) in [6.07, 6.45) is 6.48. The molecule has 0 bridgehead atoms. The van der Waals surface area contributed by atoms with Crippen molar-refractivity contribution in [2.24, 2.45) is 5.92 Å². The molecule has 0 saturated heterocycles. The van der Waals surface area contributed by atoms with E-state index in [-0.39, 0.29) is 24.4 Å². The number of benzene rings is 4. The smallest absolute Gasteiger partial charge is 0.309 e. The van der Waals surface area contributed by atoms with Gasteiger partial charge in [0.1, 0.15) is 18.1 Å². The van der Waals surface area contributed by atoms with Crippen LogP contribution in [0.4, 0.5) is 0 Å². The zero-order valence-electron chi connectivity index (χ0n) is 26.0. The number of thioether (sulfide) groups is 1. The van der Waals surface area contributed by atoms with Crippen LogP contribution < -0.4 is 4.74 Å². The van der Waals surface area contributed by atoms with E-state index < -0.39 is 0 Å². The molecule has 0 saturated carbocycles. The summed E-state index contributed by atoms with van der Waals surface area (Å²) in [6, 6.07) is 30.6. The Morgan fingerprint density at radius 2 is 1.61 bits per heavy atom. The number of rotatable bonds is 12. The molecule has 0 spiro atoms. The van der Waals surface area contributed by atoms with Crippen LogP contribution in [-0.4, -0.2) is 22.2 Å². The van der Waals surface area contributed by atoms with E-state index in [0.717, 1.165) is 50.5 Å². The lowest BCUT2D eigenvalue weighted by Crippen LogP contribution is -2.26. The SMILES string of the molecule is CCCCCCSc1cc2c3c(n(C(=O)c4ccc(Oc5ccccc5)cc4)c2cc1Cl)CCC(C(=O)OCc1ccccc1)C3. The fourth-order valence-corrected chi connectivity index (χ4v) is 7.36. The summed E-state index contributed by atoms with van der Waals surface area (Å²) < 4.78 is 13.5. The second-order valence-electron chi connectivity index (χ2n) is 11.7. The van der Waals surface area contributed by atoms with Gasteiger partial charge in [0.25, 0.3) is 5.91 Å². The quantitative estimate of drug-likeness (QED) is 0.0763. The molecule has 1 unspecified atom stereocenters. The standard InChI is InChI=1S/C39H38ClNO4S/c1-2-3-4-11-22-46-37-24-33-32-23-29(39(43)44-26-27-12-7-5-8-13-27)18-21-35(32)41(36(33)25-34(37)40)38(42)28-16-19-31(20-17-28)45-30-14-9-6-10-15-30/h5-10,12-17,19-20,24-25,29H,2-4,11,18,21-23,26H2,1H3. The maximum absolute atomic E-state index is 14.2. The number of halogens is 1. The Labute approximate surface area is 279 Å². The van der Waals surface area contributed by atoms with E-state index in [1.807, 2.05) is 83.4 Å². The summed E-state index contributed by atoms with van der Waals surface area (Å²) >= 11 is 8.63. The molecule has 0 N–H and O–H groups in total. The highest BCUT2D eigenvalue weighted by molar-refractivity contribution is 7.99. The third-order valence-electron chi connectivity index (χ3n) is 8.51. The molecule has 46 heavy (non-hydrogen) atoms. The van der Waals surface area contributed by atoms with Crippen LogP contribution in [-0.2, 0) is 29.0 Å². The third-order valence-corrected chi connectivity index (χ3v) is 10.1. The molecule has 6 rings (SSSR count). The average Bonchev–Trinajstić information content (AvgIpc) is 3.40. The minimum absolute atomic E-state index is 0.126. The molecule has 1 aliphatic carbocycles. The Hall–Kier alpha value is -4.00. The van der Waals surface area contributed by atoms with Crippen molar-refractivity contribution in [1.82, 2.24) is 4.57 Å². The summed E-state index contributed by atoms with van der Waals surface area (Å²) in [7, 11) is 0. The molecule has 5 aromatic rings. The first-order chi connectivity index (χ1) is 22.5. The van der Waals surface area contributed by atoms with Crippen LogP contribution in [0, 0.1) is 5.92 Å². The zero-order valence-corrected chi connectivity index (χ0v) is 27.6. The minimum Gasteiger partial charge on any atom is -0.461 e. The van der Waals surface area contributed by atoms with Crippen molar-refractivity contribution in [2.75, 3.05) is 5.75 Å². The molecular formula is C39H38ClNO4S. The van der Waals surface area contributed by atoms with E-state index in [2.05, 4.69) is 13.0 Å². The normalized spacial score (nSPS) is 14.2. The van der Waals surface area contributed by atoms with Gasteiger partial charge >= 0.3 is 5.97 Å². The van der Waals surface area contributed by atoms with E-state index in [1.54, 1.807) is 23.9 Å². The van der Waals surface area contributed by atoms with Gasteiger partial charge in [0.2, 0.25) is 0 Å². The molecule has 1 heterocycles. The Morgan fingerprint density at radius 3 is 2.35 bits per heavy atom. The number of para-hydroxylation sites is 1. The van der Waals surface area contributed by atoms with Gasteiger partial charge < -0.3 is 9.47 Å². The largest absolute Gasteiger partial charge is 0.461 e. The van der Waals surface area contributed by atoms with Crippen molar-refractivity contribution in [1.29, 1.82) is 0 Å². The highest BCUT2D eigenvalue weighted by Crippen LogP contribution is 2.40. The predicted molar refractivity (Wildman–Crippen MR) is 186 cm³/mol. The topological polar surface area (TPSA) is 57.5 Å². The summed E-state index contributed by atoms with van der Waals surface area (Å²) in [6.45, 7) is 2.46. The fourth-order valence-electron chi connectivity index (χ4n) is 6.08. The van der Waals surface area contributed by atoms with Crippen LogP contribution in [0.1, 0.15) is 66.2 Å². The summed E-state index contributed by atoms with van der Waals surface area (Å²) in [5, 5.41) is 1.62. The van der Waals surface area contributed by atoms with Gasteiger partial charge in [0, 0.05) is 21.5 Å². The van der Waals surface area contributed by atoms with Gasteiger partial charge in [0.15, 0.2) is 0 Å². The first-order valence-corrected chi connectivity index (χ1v) is 17.4. The second-order valence-corrected chi connectivity index (χ2v) is 13.3. The van der Waals surface area contributed by atoms with Crippen molar-refractivity contribution in [3.8, 4) is 11.5 Å². The zero-order chi connectivity index (χ0) is 31.9. The number of hydrogen-bond acceptors (Lipinski definition) is 5. The summed E-state index contributed by atoms with van der Waals surface area (Å²) in [4.78, 5) is 28.5. The molecule has 0 amide bonds. The van der Waals surface area contributed by atoms with Gasteiger partial charge in [-0.1, -0.05) is 86.3 Å². The maximum atomic E-state index is 14.2. The molecule has 0 radical (unpaired) electrons. The van der Waals surface area contributed by atoms with Gasteiger partial charge in [-0.3, -0.25) is 14.2 Å². The Kier molecular flexibility index (Phi) is 10.5. The van der Waals surface area contributed by atoms with Crippen molar-refractivity contribution in [3.05, 3.63) is 124 Å². The van der Waals surface area contributed by atoms with E-state index in [4.69, 9.17) is 21.1 Å². The average molecular weight is 652 g/mol. The van der Waals surface area contributed by atoms with Crippen LogP contribution in [0.2, 0.25) is 5.02 Å². The molecular weight excluding hydrogens is 614 g/mol. The second kappa shape index (κ2) is 15.1.